The minimum atomic E-state index is -0.883. The first-order chi connectivity index (χ1) is 10.6. The van der Waals surface area contributed by atoms with Crippen LogP contribution in [-0.4, -0.2) is 32.5 Å². The maximum absolute atomic E-state index is 11.1. The van der Waals surface area contributed by atoms with Crippen molar-refractivity contribution in [1.29, 1.82) is 0 Å². The molecule has 1 fully saturated rings. The fourth-order valence-corrected chi connectivity index (χ4v) is 3.05. The average Bonchev–Trinajstić information content (AvgIpc) is 2.95. The van der Waals surface area contributed by atoms with Crippen LogP contribution in [-0.2, 0) is 6.54 Å². The Morgan fingerprint density at radius 1 is 1.41 bits per heavy atom. The molecule has 2 heterocycles. The lowest BCUT2D eigenvalue weighted by atomic mass is 10.1. The third kappa shape index (κ3) is 3.14. The molecule has 0 unspecified atom stereocenters. The Morgan fingerprint density at radius 3 is 3.05 bits per heavy atom. The van der Waals surface area contributed by atoms with Gasteiger partial charge in [0.1, 0.15) is 5.82 Å². The van der Waals surface area contributed by atoms with Gasteiger partial charge in [-0.25, -0.2) is 14.8 Å². The number of likely N-dealkylation sites (tertiary alicyclic amines) is 1. The van der Waals surface area contributed by atoms with Gasteiger partial charge in [0.2, 0.25) is 0 Å². The minimum absolute atomic E-state index is 0.287. The molecule has 5 heteroatoms. The number of carboxylic acid groups (broad SMARTS) is 1. The predicted octanol–water partition coefficient (Wildman–Crippen LogP) is 2.82. The zero-order chi connectivity index (χ0) is 15.5. The van der Waals surface area contributed by atoms with Gasteiger partial charge in [-0.05, 0) is 50.1 Å². The summed E-state index contributed by atoms with van der Waals surface area (Å²) < 4.78 is 0. The van der Waals surface area contributed by atoms with E-state index in [0.29, 0.717) is 5.56 Å². The van der Waals surface area contributed by atoms with Crippen molar-refractivity contribution in [2.24, 2.45) is 0 Å². The number of aromatic carboxylic acids is 1. The highest BCUT2D eigenvalue weighted by Crippen LogP contribution is 2.32. The van der Waals surface area contributed by atoms with Crippen LogP contribution in [0.25, 0.3) is 0 Å². The van der Waals surface area contributed by atoms with Crippen LogP contribution in [0.3, 0.4) is 0 Å². The maximum atomic E-state index is 11.1. The number of aryl methyl sites for hydroxylation is 1. The molecular weight excluding hydrogens is 278 g/mol. The smallest absolute Gasteiger partial charge is 0.335 e. The van der Waals surface area contributed by atoms with E-state index in [1.807, 2.05) is 19.1 Å². The van der Waals surface area contributed by atoms with Crippen molar-refractivity contribution in [2.45, 2.75) is 32.4 Å². The number of carboxylic acids is 1. The van der Waals surface area contributed by atoms with Crippen LogP contribution in [0, 0.1) is 6.92 Å². The summed E-state index contributed by atoms with van der Waals surface area (Å²) in [7, 11) is 0. The van der Waals surface area contributed by atoms with Crippen LogP contribution in [0.15, 0.2) is 36.5 Å². The molecule has 1 saturated heterocycles. The van der Waals surface area contributed by atoms with Crippen LogP contribution in [0.4, 0.5) is 0 Å². The number of aromatic nitrogens is 2. The van der Waals surface area contributed by atoms with Gasteiger partial charge in [-0.1, -0.05) is 12.1 Å². The van der Waals surface area contributed by atoms with E-state index in [9.17, 15) is 4.79 Å². The molecule has 1 aromatic carbocycles. The fourth-order valence-electron chi connectivity index (χ4n) is 3.05. The van der Waals surface area contributed by atoms with Crippen molar-refractivity contribution in [3.63, 3.8) is 0 Å². The van der Waals surface area contributed by atoms with Crippen LogP contribution >= 0.6 is 0 Å². The van der Waals surface area contributed by atoms with Crippen molar-refractivity contribution in [3.05, 3.63) is 59.2 Å². The first-order valence-corrected chi connectivity index (χ1v) is 7.49. The molecule has 0 spiro atoms. The van der Waals surface area contributed by atoms with Crippen LogP contribution in [0.2, 0.25) is 0 Å². The molecule has 0 amide bonds. The first-order valence-electron chi connectivity index (χ1n) is 7.49. The Labute approximate surface area is 129 Å². The largest absolute Gasteiger partial charge is 0.478 e. The Kier molecular flexibility index (Phi) is 4.15. The normalized spacial score (nSPS) is 18.5. The van der Waals surface area contributed by atoms with Crippen molar-refractivity contribution in [3.8, 4) is 0 Å². The Hall–Kier alpha value is -2.27. The summed E-state index contributed by atoms with van der Waals surface area (Å²) in [5.74, 6) is -0.0940. The number of hydrogen-bond acceptors (Lipinski definition) is 4. The van der Waals surface area contributed by atoms with E-state index in [0.717, 1.165) is 43.0 Å². The van der Waals surface area contributed by atoms with Gasteiger partial charge in [0, 0.05) is 12.7 Å². The van der Waals surface area contributed by atoms with Gasteiger partial charge in [0.15, 0.2) is 0 Å². The molecule has 114 valence electrons. The lowest BCUT2D eigenvalue weighted by Crippen LogP contribution is -2.23. The third-order valence-corrected chi connectivity index (χ3v) is 4.06. The SMILES string of the molecule is Cc1nccc([C@@H]2CCCN2Cc2cccc(C(=O)O)c2)n1. The Bertz CT molecular complexity index is 687. The van der Waals surface area contributed by atoms with E-state index in [1.54, 1.807) is 24.4 Å². The number of benzene rings is 1. The molecule has 1 aliphatic rings. The lowest BCUT2D eigenvalue weighted by molar-refractivity contribution is 0.0696. The quantitative estimate of drug-likeness (QED) is 0.940. The molecule has 0 saturated carbocycles. The predicted molar refractivity (Wildman–Crippen MR) is 82.6 cm³/mol. The standard InChI is InChI=1S/C17H19N3O2/c1-12-18-8-7-15(19-12)16-6-3-9-20(16)11-13-4-2-5-14(10-13)17(21)22/h2,4-5,7-8,10,16H,3,6,9,11H2,1H3,(H,21,22)/t16-/m0/s1. The average molecular weight is 297 g/mol. The number of rotatable bonds is 4. The minimum Gasteiger partial charge on any atom is -0.478 e. The van der Waals surface area contributed by atoms with Gasteiger partial charge >= 0.3 is 5.97 Å². The molecule has 0 bridgehead atoms. The summed E-state index contributed by atoms with van der Waals surface area (Å²) in [5, 5.41) is 9.10. The van der Waals surface area contributed by atoms with Gasteiger partial charge in [-0.15, -0.1) is 0 Å². The molecule has 0 aliphatic carbocycles. The molecule has 1 aromatic heterocycles. The van der Waals surface area contributed by atoms with E-state index in [-0.39, 0.29) is 6.04 Å². The Morgan fingerprint density at radius 2 is 2.27 bits per heavy atom. The van der Waals surface area contributed by atoms with Crippen molar-refractivity contribution in [1.82, 2.24) is 14.9 Å². The van der Waals surface area contributed by atoms with Gasteiger partial charge in [-0.3, -0.25) is 4.90 Å². The van der Waals surface area contributed by atoms with E-state index in [4.69, 9.17) is 5.11 Å². The molecular formula is C17H19N3O2. The highest BCUT2D eigenvalue weighted by Gasteiger charge is 2.27. The van der Waals surface area contributed by atoms with Gasteiger partial charge < -0.3 is 5.11 Å². The van der Waals surface area contributed by atoms with E-state index in [2.05, 4.69) is 14.9 Å². The summed E-state index contributed by atoms with van der Waals surface area (Å²) in [6.45, 7) is 3.65. The number of hydrogen-bond donors (Lipinski definition) is 1. The molecule has 3 rings (SSSR count). The van der Waals surface area contributed by atoms with Crippen molar-refractivity contribution >= 4 is 5.97 Å². The molecule has 0 radical (unpaired) electrons. The summed E-state index contributed by atoms with van der Waals surface area (Å²) in [5.41, 5.74) is 2.42. The second-order valence-corrected chi connectivity index (χ2v) is 5.66. The highest BCUT2D eigenvalue weighted by atomic mass is 16.4. The van der Waals surface area contributed by atoms with Crippen LogP contribution in [0.1, 0.15) is 46.3 Å². The lowest BCUT2D eigenvalue weighted by Gasteiger charge is -2.24. The second-order valence-electron chi connectivity index (χ2n) is 5.66. The first kappa shape index (κ1) is 14.7. The van der Waals surface area contributed by atoms with Crippen molar-refractivity contribution < 1.29 is 9.90 Å². The molecule has 5 nitrogen and oxygen atoms in total. The highest BCUT2D eigenvalue weighted by molar-refractivity contribution is 5.87. The maximum Gasteiger partial charge on any atom is 0.335 e. The van der Waals surface area contributed by atoms with Gasteiger partial charge in [0.25, 0.3) is 0 Å². The molecule has 1 atom stereocenters. The number of nitrogens with zero attached hydrogens (tertiary/aromatic N) is 3. The zero-order valence-electron chi connectivity index (χ0n) is 12.6. The molecule has 22 heavy (non-hydrogen) atoms. The molecule has 2 aromatic rings. The molecule has 1 N–H and O–H groups in total. The van der Waals surface area contributed by atoms with Gasteiger partial charge in [-0.2, -0.15) is 0 Å². The van der Waals surface area contributed by atoms with Crippen LogP contribution < -0.4 is 0 Å². The summed E-state index contributed by atoms with van der Waals surface area (Å²) in [6, 6.07) is 9.43. The topological polar surface area (TPSA) is 66.3 Å². The van der Waals surface area contributed by atoms with E-state index < -0.39 is 5.97 Å². The summed E-state index contributed by atoms with van der Waals surface area (Å²) >= 11 is 0. The summed E-state index contributed by atoms with van der Waals surface area (Å²) in [6.07, 6.45) is 4.01. The van der Waals surface area contributed by atoms with E-state index in [1.165, 1.54) is 0 Å². The fraction of sp³-hybridized carbons (Fsp3) is 0.353. The number of carbonyl (C=O) groups is 1. The Balaban J connectivity index is 1.79. The third-order valence-electron chi connectivity index (χ3n) is 4.06. The molecule has 1 aliphatic heterocycles. The monoisotopic (exact) mass is 297 g/mol. The van der Waals surface area contributed by atoms with Crippen LogP contribution in [0.5, 0.6) is 0 Å². The zero-order valence-corrected chi connectivity index (χ0v) is 12.6. The van der Waals surface area contributed by atoms with E-state index >= 15 is 0 Å². The van der Waals surface area contributed by atoms with Crippen molar-refractivity contribution in [2.75, 3.05) is 6.54 Å². The van der Waals surface area contributed by atoms with Gasteiger partial charge in [0.05, 0.1) is 17.3 Å². The summed E-state index contributed by atoms with van der Waals surface area (Å²) in [4.78, 5) is 22.1. The second kappa shape index (κ2) is 6.23.